The zero-order valence-corrected chi connectivity index (χ0v) is 8.72. The van der Waals surface area contributed by atoms with Crippen LogP contribution < -0.4 is 0 Å². The van der Waals surface area contributed by atoms with Gasteiger partial charge in [0.05, 0.1) is 5.92 Å². The van der Waals surface area contributed by atoms with Crippen LogP contribution in [0.2, 0.25) is 0 Å². The van der Waals surface area contributed by atoms with E-state index in [0.29, 0.717) is 0 Å². The van der Waals surface area contributed by atoms with Crippen LogP contribution in [0.15, 0.2) is 11.3 Å². The first-order valence-corrected chi connectivity index (χ1v) is 5.09. The summed E-state index contributed by atoms with van der Waals surface area (Å²) in [6.45, 7) is 6.16. The molecule has 1 rings (SSSR count). The SMILES string of the molecule is CC/C(C)=C1/CCC(CC)C(=O)O1. The molecule has 0 saturated carbocycles. The standard InChI is InChI=1S/C11H18O2/c1-4-8(3)10-7-6-9(5-2)11(12)13-10/h9H,4-7H2,1-3H3/b10-8-. The second-order valence-electron chi connectivity index (χ2n) is 3.62. The van der Waals surface area contributed by atoms with Gasteiger partial charge in [0, 0.05) is 6.42 Å². The third kappa shape index (κ3) is 2.33. The third-order valence-electron chi connectivity index (χ3n) is 2.78. The Morgan fingerprint density at radius 2 is 2.23 bits per heavy atom. The van der Waals surface area contributed by atoms with Gasteiger partial charge in [-0.15, -0.1) is 0 Å². The zero-order chi connectivity index (χ0) is 9.84. The molecule has 13 heavy (non-hydrogen) atoms. The molecular weight excluding hydrogens is 164 g/mol. The van der Waals surface area contributed by atoms with Gasteiger partial charge in [0.2, 0.25) is 0 Å². The molecule has 1 aliphatic heterocycles. The van der Waals surface area contributed by atoms with E-state index >= 15 is 0 Å². The van der Waals surface area contributed by atoms with Crippen molar-refractivity contribution in [3.8, 4) is 0 Å². The van der Waals surface area contributed by atoms with Crippen molar-refractivity contribution in [3.05, 3.63) is 11.3 Å². The zero-order valence-electron chi connectivity index (χ0n) is 8.72. The largest absolute Gasteiger partial charge is 0.431 e. The molecule has 0 N–H and O–H groups in total. The van der Waals surface area contributed by atoms with Crippen LogP contribution in [0, 0.1) is 5.92 Å². The van der Waals surface area contributed by atoms with Gasteiger partial charge in [-0.2, -0.15) is 0 Å². The van der Waals surface area contributed by atoms with Gasteiger partial charge in [0.25, 0.3) is 0 Å². The lowest BCUT2D eigenvalue weighted by Gasteiger charge is -2.23. The van der Waals surface area contributed by atoms with Crippen LogP contribution in [0.25, 0.3) is 0 Å². The molecule has 1 unspecified atom stereocenters. The summed E-state index contributed by atoms with van der Waals surface area (Å²) in [4.78, 5) is 11.4. The fourth-order valence-corrected chi connectivity index (χ4v) is 1.55. The summed E-state index contributed by atoms with van der Waals surface area (Å²) in [5.41, 5.74) is 1.21. The fraction of sp³-hybridized carbons (Fsp3) is 0.727. The van der Waals surface area contributed by atoms with Crippen LogP contribution in [0.1, 0.15) is 46.5 Å². The number of hydrogen-bond acceptors (Lipinski definition) is 2. The smallest absolute Gasteiger partial charge is 0.314 e. The van der Waals surface area contributed by atoms with Gasteiger partial charge in [0.1, 0.15) is 5.76 Å². The number of hydrogen-bond donors (Lipinski definition) is 0. The number of ether oxygens (including phenoxy) is 1. The molecule has 1 atom stereocenters. The molecule has 1 aliphatic rings. The first-order valence-electron chi connectivity index (χ1n) is 5.09. The second kappa shape index (κ2) is 4.45. The maximum absolute atomic E-state index is 11.4. The lowest BCUT2D eigenvalue weighted by atomic mass is 9.96. The summed E-state index contributed by atoms with van der Waals surface area (Å²) < 4.78 is 5.28. The van der Waals surface area contributed by atoms with Gasteiger partial charge < -0.3 is 4.74 Å². The molecule has 74 valence electrons. The van der Waals surface area contributed by atoms with E-state index in [1.165, 1.54) is 5.57 Å². The van der Waals surface area contributed by atoms with Gasteiger partial charge >= 0.3 is 5.97 Å². The lowest BCUT2D eigenvalue weighted by molar-refractivity contribution is -0.147. The normalized spacial score (nSPS) is 27.0. The minimum atomic E-state index is -0.0310. The van der Waals surface area contributed by atoms with Crippen LogP contribution in [-0.4, -0.2) is 5.97 Å². The molecule has 1 fully saturated rings. The summed E-state index contributed by atoms with van der Waals surface area (Å²) in [5.74, 6) is 1.02. The Morgan fingerprint density at radius 3 is 2.69 bits per heavy atom. The van der Waals surface area contributed by atoms with Crippen molar-refractivity contribution >= 4 is 5.97 Å². The maximum Gasteiger partial charge on any atom is 0.314 e. The highest BCUT2D eigenvalue weighted by Gasteiger charge is 2.25. The number of allylic oxidation sites excluding steroid dienone is 2. The highest BCUT2D eigenvalue weighted by Crippen LogP contribution is 2.27. The molecular formula is C11H18O2. The Kier molecular flexibility index (Phi) is 3.52. The maximum atomic E-state index is 11.4. The van der Waals surface area contributed by atoms with Crippen molar-refractivity contribution < 1.29 is 9.53 Å². The monoisotopic (exact) mass is 182 g/mol. The van der Waals surface area contributed by atoms with Gasteiger partial charge in [-0.3, -0.25) is 4.79 Å². The molecule has 0 radical (unpaired) electrons. The van der Waals surface area contributed by atoms with E-state index in [9.17, 15) is 4.79 Å². The van der Waals surface area contributed by atoms with Gasteiger partial charge in [0.15, 0.2) is 0 Å². The summed E-state index contributed by atoms with van der Waals surface area (Å²) in [6, 6.07) is 0. The molecule has 1 saturated heterocycles. The van der Waals surface area contributed by atoms with Crippen LogP contribution in [0.4, 0.5) is 0 Å². The van der Waals surface area contributed by atoms with E-state index in [0.717, 1.165) is 31.4 Å². The summed E-state index contributed by atoms with van der Waals surface area (Å²) in [6.07, 6.45) is 3.77. The fourth-order valence-electron chi connectivity index (χ4n) is 1.55. The molecule has 0 aromatic heterocycles. The number of esters is 1. The van der Waals surface area contributed by atoms with Gasteiger partial charge in [-0.05, 0) is 31.8 Å². The minimum absolute atomic E-state index is 0.0310. The van der Waals surface area contributed by atoms with E-state index in [4.69, 9.17) is 4.74 Å². The van der Waals surface area contributed by atoms with Crippen molar-refractivity contribution in [1.82, 2.24) is 0 Å². The molecule has 0 aromatic carbocycles. The first-order chi connectivity index (χ1) is 6.19. The number of carbonyl (C=O) groups excluding carboxylic acids is 1. The van der Waals surface area contributed by atoms with Gasteiger partial charge in [-0.1, -0.05) is 13.8 Å². The lowest BCUT2D eigenvalue weighted by Crippen LogP contribution is -2.22. The minimum Gasteiger partial charge on any atom is -0.431 e. The van der Waals surface area contributed by atoms with Crippen LogP contribution in [0.3, 0.4) is 0 Å². The average Bonchev–Trinajstić information content (AvgIpc) is 2.16. The Labute approximate surface area is 80.0 Å². The van der Waals surface area contributed by atoms with E-state index in [1.807, 2.05) is 13.8 Å². The average molecular weight is 182 g/mol. The summed E-state index contributed by atoms with van der Waals surface area (Å²) in [7, 11) is 0. The van der Waals surface area contributed by atoms with Crippen molar-refractivity contribution in [2.24, 2.45) is 5.92 Å². The Hall–Kier alpha value is -0.790. The Bertz CT molecular complexity index is 228. The number of rotatable bonds is 2. The molecule has 0 bridgehead atoms. The Balaban J connectivity index is 2.65. The molecule has 2 nitrogen and oxygen atoms in total. The van der Waals surface area contributed by atoms with Crippen molar-refractivity contribution in [2.45, 2.75) is 46.5 Å². The molecule has 0 amide bonds. The Morgan fingerprint density at radius 1 is 1.54 bits per heavy atom. The second-order valence-corrected chi connectivity index (χ2v) is 3.62. The number of carbonyl (C=O) groups is 1. The van der Waals surface area contributed by atoms with E-state index < -0.39 is 0 Å². The van der Waals surface area contributed by atoms with Gasteiger partial charge in [-0.25, -0.2) is 0 Å². The first kappa shape index (κ1) is 10.3. The third-order valence-corrected chi connectivity index (χ3v) is 2.78. The van der Waals surface area contributed by atoms with E-state index in [1.54, 1.807) is 0 Å². The topological polar surface area (TPSA) is 26.3 Å². The summed E-state index contributed by atoms with van der Waals surface area (Å²) >= 11 is 0. The predicted molar refractivity (Wildman–Crippen MR) is 52.1 cm³/mol. The summed E-state index contributed by atoms with van der Waals surface area (Å²) in [5, 5.41) is 0. The molecule has 0 aromatic rings. The predicted octanol–water partition coefficient (Wildman–Crippen LogP) is 3.03. The van der Waals surface area contributed by atoms with Crippen LogP contribution in [0.5, 0.6) is 0 Å². The van der Waals surface area contributed by atoms with Crippen molar-refractivity contribution in [3.63, 3.8) is 0 Å². The highest BCUT2D eigenvalue weighted by atomic mass is 16.5. The van der Waals surface area contributed by atoms with Crippen LogP contribution in [-0.2, 0) is 9.53 Å². The van der Waals surface area contributed by atoms with Crippen LogP contribution >= 0.6 is 0 Å². The number of cyclic esters (lactones) is 1. The quantitative estimate of drug-likeness (QED) is 0.613. The molecule has 2 heteroatoms. The molecule has 0 aliphatic carbocycles. The molecule has 1 heterocycles. The van der Waals surface area contributed by atoms with E-state index in [2.05, 4.69) is 6.92 Å². The molecule has 0 spiro atoms. The van der Waals surface area contributed by atoms with E-state index in [-0.39, 0.29) is 11.9 Å². The van der Waals surface area contributed by atoms with Crippen molar-refractivity contribution in [2.75, 3.05) is 0 Å². The highest BCUT2D eigenvalue weighted by molar-refractivity contribution is 5.74. The van der Waals surface area contributed by atoms with Crippen molar-refractivity contribution in [1.29, 1.82) is 0 Å².